The molecule has 1 saturated heterocycles. The molecule has 6 heteroatoms. The van der Waals surface area contributed by atoms with Crippen LogP contribution in [-0.2, 0) is 22.6 Å². The van der Waals surface area contributed by atoms with Gasteiger partial charge in [-0.15, -0.1) is 0 Å². The maximum Gasteiger partial charge on any atom is 0.225 e. The first-order valence-electron chi connectivity index (χ1n) is 11.6. The zero-order chi connectivity index (χ0) is 23.4. The lowest BCUT2D eigenvalue weighted by Crippen LogP contribution is -2.53. The summed E-state index contributed by atoms with van der Waals surface area (Å²) in [5, 5.41) is 4.26. The number of aryl methyl sites for hydroxylation is 3. The van der Waals surface area contributed by atoms with Crippen LogP contribution in [0, 0.1) is 19.3 Å². The third-order valence-corrected chi connectivity index (χ3v) is 6.74. The average Bonchev–Trinajstić information content (AvgIpc) is 3.22. The molecule has 4 rings (SSSR count). The van der Waals surface area contributed by atoms with Gasteiger partial charge in [-0.1, -0.05) is 54.1 Å². The minimum Gasteiger partial charge on any atom is -0.369 e. The normalized spacial score (nSPS) is 18.3. The Balaban J connectivity index is 1.50. The highest BCUT2D eigenvalue weighted by molar-refractivity contribution is 5.83. The van der Waals surface area contributed by atoms with Crippen molar-refractivity contribution in [1.29, 1.82) is 0 Å². The molecule has 33 heavy (non-hydrogen) atoms. The second-order valence-electron chi connectivity index (χ2n) is 9.26. The number of nitrogens with two attached hydrogens (primary N) is 1. The van der Waals surface area contributed by atoms with Crippen molar-refractivity contribution in [2.24, 2.45) is 11.1 Å². The van der Waals surface area contributed by atoms with Crippen LogP contribution in [0.5, 0.6) is 0 Å². The molecule has 172 valence electrons. The third kappa shape index (κ3) is 5.16. The number of amides is 2. The highest BCUT2D eigenvalue weighted by Gasteiger charge is 2.42. The Morgan fingerprint density at radius 2 is 1.82 bits per heavy atom. The lowest BCUT2D eigenvalue weighted by Gasteiger charge is -2.41. The molecule has 1 aliphatic rings. The Hall–Kier alpha value is -3.41. The van der Waals surface area contributed by atoms with E-state index in [0.717, 1.165) is 28.8 Å². The number of hydrogen-bond donors (Lipinski definition) is 1. The zero-order valence-electron chi connectivity index (χ0n) is 19.5. The number of rotatable bonds is 7. The number of hydrogen-bond acceptors (Lipinski definition) is 3. The van der Waals surface area contributed by atoms with E-state index in [2.05, 4.69) is 48.4 Å². The van der Waals surface area contributed by atoms with Gasteiger partial charge in [0.2, 0.25) is 11.8 Å². The smallest absolute Gasteiger partial charge is 0.225 e. The van der Waals surface area contributed by atoms with Gasteiger partial charge in [0.05, 0.1) is 5.41 Å². The van der Waals surface area contributed by atoms with Crippen LogP contribution in [0.2, 0.25) is 0 Å². The summed E-state index contributed by atoms with van der Waals surface area (Å²) in [5.74, 6) is -0.285. The third-order valence-electron chi connectivity index (χ3n) is 6.74. The minimum absolute atomic E-state index is 0.0451. The Labute approximate surface area is 195 Å². The summed E-state index contributed by atoms with van der Waals surface area (Å²) in [6.45, 7) is 5.62. The second-order valence-corrected chi connectivity index (χ2v) is 9.26. The maximum absolute atomic E-state index is 13.0. The molecule has 0 aliphatic carbocycles. The molecular formula is C27H32N4O2. The van der Waals surface area contributed by atoms with Crippen LogP contribution >= 0.6 is 0 Å². The SMILES string of the molecule is Cc1cccc(-c2cccc(C[C@@]3(C(N)=O)CCCN(C(=O)CCn4nccc4C)C3)c2)c1. The molecule has 1 fully saturated rings. The van der Waals surface area contributed by atoms with E-state index in [1.54, 1.807) is 6.20 Å². The maximum atomic E-state index is 13.0. The molecule has 2 amide bonds. The highest BCUT2D eigenvalue weighted by atomic mass is 16.2. The first kappa shape index (κ1) is 22.8. The first-order valence-corrected chi connectivity index (χ1v) is 11.6. The van der Waals surface area contributed by atoms with Crippen LogP contribution in [-0.4, -0.2) is 39.6 Å². The van der Waals surface area contributed by atoms with E-state index in [-0.39, 0.29) is 11.8 Å². The van der Waals surface area contributed by atoms with Crippen molar-refractivity contribution in [2.45, 2.75) is 46.1 Å². The summed E-state index contributed by atoms with van der Waals surface area (Å²) in [6.07, 6.45) is 4.10. The van der Waals surface area contributed by atoms with Gasteiger partial charge >= 0.3 is 0 Å². The van der Waals surface area contributed by atoms with E-state index in [4.69, 9.17) is 5.73 Å². The molecule has 0 bridgehead atoms. The summed E-state index contributed by atoms with van der Waals surface area (Å²) in [6, 6.07) is 18.6. The fourth-order valence-electron chi connectivity index (χ4n) is 4.85. The van der Waals surface area contributed by atoms with E-state index >= 15 is 0 Å². The van der Waals surface area contributed by atoms with Crippen molar-refractivity contribution in [1.82, 2.24) is 14.7 Å². The lowest BCUT2D eigenvalue weighted by atomic mass is 9.74. The van der Waals surface area contributed by atoms with Gasteiger partial charge in [0, 0.05) is 37.9 Å². The Bertz CT molecular complexity index is 1150. The van der Waals surface area contributed by atoms with Crippen molar-refractivity contribution in [2.75, 3.05) is 13.1 Å². The van der Waals surface area contributed by atoms with Gasteiger partial charge in [0.15, 0.2) is 0 Å². The van der Waals surface area contributed by atoms with Crippen LogP contribution in [0.1, 0.15) is 36.1 Å². The molecule has 2 N–H and O–H groups in total. The topological polar surface area (TPSA) is 81.2 Å². The monoisotopic (exact) mass is 444 g/mol. The minimum atomic E-state index is -0.749. The largest absolute Gasteiger partial charge is 0.369 e. The van der Waals surface area contributed by atoms with Gasteiger partial charge in [-0.25, -0.2) is 0 Å². The molecule has 3 aromatic rings. The highest BCUT2D eigenvalue weighted by Crippen LogP contribution is 2.35. The second kappa shape index (κ2) is 9.61. The fourth-order valence-corrected chi connectivity index (χ4v) is 4.85. The number of aromatic nitrogens is 2. The van der Waals surface area contributed by atoms with Gasteiger partial charge in [0.1, 0.15) is 0 Å². The predicted molar refractivity (Wildman–Crippen MR) is 129 cm³/mol. The molecule has 0 unspecified atom stereocenters. The van der Waals surface area contributed by atoms with Gasteiger partial charge in [-0.2, -0.15) is 5.10 Å². The lowest BCUT2D eigenvalue weighted by molar-refractivity contribution is -0.140. The first-order chi connectivity index (χ1) is 15.9. The van der Waals surface area contributed by atoms with Crippen LogP contribution in [0.15, 0.2) is 60.8 Å². The number of primary amides is 1. The number of benzene rings is 2. The number of nitrogens with zero attached hydrogens (tertiary/aromatic N) is 3. The van der Waals surface area contributed by atoms with E-state index in [9.17, 15) is 9.59 Å². The number of carbonyl (C=O) groups excluding carboxylic acids is 2. The standard InChI is InChI=1S/C27H32N4O2/c1-20-6-3-8-23(16-20)24-9-4-7-22(17-24)18-27(26(28)33)12-5-14-30(19-27)25(32)11-15-31-21(2)10-13-29-31/h3-4,6-10,13,16-17H,5,11-12,14-15,18-19H2,1-2H3,(H2,28,33)/t27-/m0/s1. The van der Waals surface area contributed by atoms with Crippen molar-refractivity contribution >= 4 is 11.8 Å². The van der Waals surface area contributed by atoms with Crippen molar-refractivity contribution in [3.63, 3.8) is 0 Å². The van der Waals surface area contributed by atoms with Crippen LogP contribution in [0.4, 0.5) is 0 Å². The summed E-state index contributed by atoms with van der Waals surface area (Å²) >= 11 is 0. The van der Waals surface area contributed by atoms with Gasteiger partial charge in [-0.05, 0) is 55.9 Å². The number of carbonyl (C=O) groups is 2. The molecule has 1 aliphatic heterocycles. The Morgan fingerprint density at radius 3 is 2.52 bits per heavy atom. The summed E-state index contributed by atoms with van der Waals surface area (Å²) in [4.78, 5) is 27.5. The quantitative estimate of drug-likeness (QED) is 0.600. The van der Waals surface area contributed by atoms with Crippen molar-refractivity contribution in [3.05, 3.63) is 77.6 Å². The molecule has 0 saturated carbocycles. The summed E-state index contributed by atoms with van der Waals surface area (Å²) in [5.41, 5.74) is 10.8. The molecule has 2 aromatic carbocycles. The van der Waals surface area contributed by atoms with E-state index < -0.39 is 5.41 Å². The van der Waals surface area contributed by atoms with E-state index in [0.29, 0.717) is 38.9 Å². The fraction of sp³-hybridized carbons (Fsp3) is 0.370. The Kier molecular flexibility index (Phi) is 6.63. The van der Waals surface area contributed by atoms with Crippen molar-refractivity contribution < 1.29 is 9.59 Å². The molecule has 6 nitrogen and oxygen atoms in total. The van der Waals surface area contributed by atoms with Crippen LogP contribution in [0.25, 0.3) is 11.1 Å². The van der Waals surface area contributed by atoms with E-state index in [1.165, 1.54) is 5.56 Å². The molecule has 2 heterocycles. The average molecular weight is 445 g/mol. The molecule has 0 radical (unpaired) electrons. The summed E-state index contributed by atoms with van der Waals surface area (Å²) < 4.78 is 1.83. The molecule has 1 aromatic heterocycles. The summed E-state index contributed by atoms with van der Waals surface area (Å²) in [7, 11) is 0. The van der Waals surface area contributed by atoms with E-state index in [1.807, 2.05) is 34.7 Å². The Morgan fingerprint density at radius 1 is 1.06 bits per heavy atom. The number of likely N-dealkylation sites (tertiary alicyclic amines) is 1. The van der Waals surface area contributed by atoms with Gasteiger partial charge in [-0.3, -0.25) is 14.3 Å². The van der Waals surface area contributed by atoms with Crippen LogP contribution in [0.3, 0.4) is 0 Å². The predicted octanol–water partition coefficient (Wildman–Crippen LogP) is 3.89. The molecule has 0 spiro atoms. The van der Waals surface area contributed by atoms with Crippen molar-refractivity contribution in [3.8, 4) is 11.1 Å². The van der Waals surface area contributed by atoms with Gasteiger partial charge in [0.25, 0.3) is 0 Å². The number of piperidine rings is 1. The van der Waals surface area contributed by atoms with Crippen LogP contribution < -0.4 is 5.73 Å². The van der Waals surface area contributed by atoms with Gasteiger partial charge < -0.3 is 10.6 Å². The molecular weight excluding hydrogens is 412 g/mol. The molecule has 1 atom stereocenters. The zero-order valence-corrected chi connectivity index (χ0v) is 19.5.